The van der Waals surface area contributed by atoms with Crippen molar-refractivity contribution in [3.63, 3.8) is 0 Å². The van der Waals surface area contributed by atoms with Crippen molar-refractivity contribution in [1.82, 2.24) is 10.2 Å². The summed E-state index contributed by atoms with van der Waals surface area (Å²) in [6, 6.07) is 3.13. The van der Waals surface area contributed by atoms with Crippen LogP contribution in [0.15, 0.2) is 12.1 Å². The fourth-order valence-electron chi connectivity index (χ4n) is 0.552. The fourth-order valence-corrected chi connectivity index (χ4v) is 0.552. The van der Waals surface area contributed by atoms with Gasteiger partial charge in [-0.3, -0.25) is 0 Å². The smallest absolute Gasteiger partial charge is 0.212 e. The number of hydrazine groups is 1. The van der Waals surface area contributed by atoms with E-state index in [-0.39, 0.29) is 5.82 Å². The first-order valence-corrected chi connectivity index (χ1v) is 2.90. The van der Waals surface area contributed by atoms with Gasteiger partial charge in [0.15, 0.2) is 5.03 Å². The van der Waals surface area contributed by atoms with Gasteiger partial charge in [-0.2, -0.15) is 5.10 Å². The van der Waals surface area contributed by atoms with Crippen LogP contribution in [0.25, 0.3) is 0 Å². The third-order valence-electron chi connectivity index (χ3n) is 1.00. The fraction of sp³-hybridized carbons (Fsp3) is 0.200. The summed E-state index contributed by atoms with van der Waals surface area (Å²) >= 11 is 0. The van der Waals surface area contributed by atoms with Gasteiger partial charge in [0.05, 0.1) is 5.69 Å². The molecule has 0 saturated heterocycles. The summed E-state index contributed by atoms with van der Waals surface area (Å²) in [6.45, 7) is 1.75. The predicted molar refractivity (Wildman–Crippen MR) is 37.4 cm³/mol. The lowest BCUT2D eigenvalue weighted by atomic mass is 10.4. The van der Waals surface area contributed by atoms with Crippen LogP contribution in [0.3, 0.4) is 0 Å². The van der Waals surface area contributed by atoms with Gasteiger partial charge in [-0.1, -0.05) is 5.43 Å². The molecule has 0 aliphatic rings. The zero-order valence-corrected chi connectivity index (χ0v) is 5.81. The second-order valence-electron chi connectivity index (χ2n) is 1.93. The normalized spacial score (nSPS) is 9.18. The van der Waals surface area contributed by atoms with Crippen molar-refractivity contribution < 1.29 is 5.03 Å². The van der Waals surface area contributed by atoms with Gasteiger partial charge >= 0.3 is 0 Å². The summed E-state index contributed by atoms with van der Waals surface area (Å²) < 4.78 is 0. The van der Waals surface area contributed by atoms with Gasteiger partial charge in [-0.05, 0) is 19.1 Å². The third-order valence-corrected chi connectivity index (χ3v) is 1.00. The maximum Gasteiger partial charge on any atom is 0.212 e. The van der Waals surface area contributed by atoms with Crippen molar-refractivity contribution in [2.75, 3.05) is 5.43 Å². The van der Waals surface area contributed by atoms with Gasteiger partial charge in [0.25, 0.3) is 0 Å². The molecular weight excluding hydrogens is 148 g/mol. The molecule has 0 aliphatic carbocycles. The van der Waals surface area contributed by atoms with Crippen molar-refractivity contribution in [1.29, 1.82) is 0 Å². The molecule has 0 radical (unpaired) electrons. The second-order valence-corrected chi connectivity index (χ2v) is 1.93. The second kappa shape index (κ2) is 2.91. The highest BCUT2D eigenvalue weighted by Crippen LogP contribution is 1.99. The van der Waals surface area contributed by atoms with Crippen molar-refractivity contribution in [3.8, 4) is 0 Å². The van der Waals surface area contributed by atoms with E-state index in [2.05, 4.69) is 10.2 Å². The molecule has 1 rings (SSSR count). The van der Waals surface area contributed by atoms with Gasteiger partial charge in [-0.15, -0.1) is 5.10 Å². The Hall–Kier alpha value is -1.72. The van der Waals surface area contributed by atoms with Crippen molar-refractivity contribution in [3.05, 3.63) is 27.9 Å². The van der Waals surface area contributed by atoms with Crippen LogP contribution in [0.1, 0.15) is 5.69 Å². The molecule has 0 amide bonds. The maximum absolute atomic E-state index is 9.88. The number of nitrogens with zero attached hydrogens (tertiary/aromatic N) is 3. The minimum atomic E-state index is -0.681. The molecule has 6 nitrogen and oxygen atoms in total. The summed E-state index contributed by atoms with van der Waals surface area (Å²) in [5.74, 6) is 0.139. The van der Waals surface area contributed by atoms with E-state index < -0.39 is 5.03 Å². The number of nitro groups is 1. The number of hydrogen-bond acceptors (Lipinski definition) is 4. The predicted octanol–water partition coefficient (Wildman–Crippen LogP) is 0.389. The molecule has 0 bridgehead atoms. The van der Waals surface area contributed by atoms with Gasteiger partial charge in [-0.25, -0.2) is 10.1 Å². The Labute approximate surface area is 62.4 Å². The molecule has 0 aliphatic heterocycles. The zero-order valence-electron chi connectivity index (χ0n) is 5.81. The van der Waals surface area contributed by atoms with Crippen LogP contribution in [0.2, 0.25) is 0 Å². The molecule has 0 atom stereocenters. The molecule has 1 aromatic rings. The minimum absolute atomic E-state index is 0.139. The zero-order chi connectivity index (χ0) is 8.27. The Morgan fingerprint density at radius 3 is 2.73 bits per heavy atom. The summed E-state index contributed by atoms with van der Waals surface area (Å²) in [7, 11) is 0. The molecule has 58 valence electrons. The maximum atomic E-state index is 9.88. The van der Waals surface area contributed by atoms with E-state index in [1.807, 2.05) is 5.43 Å². The Balaban J connectivity index is 2.74. The van der Waals surface area contributed by atoms with Crippen LogP contribution >= 0.6 is 0 Å². The molecule has 0 saturated carbocycles. The van der Waals surface area contributed by atoms with Gasteiger partial charge in [0.1, 0.15) is 0 Å². The average molecular weight is 154 g/mol. The summed E-state index contributed by atoms with van der Waals surface area (Å²) in [6.07, 6.45) is 0. The van der Waals surface area contributed by atoms with Crippen molar-refractivity contribution in [2.45, 2.75) is 6.92 Å². The number of aryl methyl sites for hydroxylation is 1. The molecular formula is C5H6N4O2. The Bertz CT molecular complexity index is 258. The Morgan fingerprint density at radius 2 is 2.27 bits per heavy atom. The van der Waals surface area contributed by atoms with Crippen LogP contribution in [-0.2, 0) is 0 Å². The molecule has 0 fully saturated rings. The summed E-state index contributed by atoms with van der Waals surface area (Å²) in [5, 5.41) is 16.3. The van der Waals surface area contributed by atoms with E-state index in [1.165, 1.54) is 6.07 Å². The molecule has 0 aromatic carbocycles. The first-order valence-electron chi connectivity index (χ1n) is 2.90. The number of nitrogens with one attached hydrogen (secondary N) is 1. The highest BCUT2D eigenvalue weighted by Gasteiger charge is 1.98. The van der Waals surface area contributed by atoms with Crippen LogP contribution in [0.5, 0.6) is 0 Å². The molecule has 1 aromatic heterocycles. The lowest BCUT2D eigenvalue weighted by Crippen LogP contribution is -2.09. The van der Waals surface area contributed by atoms with Gasteiger partial charge < -0.3 is 0 Å². The van der Waals surface area contributed by atoms with Gasteiger partial charge in [0.2, 0.25) is 5.82 Å². The molecule has 1 N–H and O–H groups in total. The van der Waals surface area contributed by atoms with Crippen LogP contribution in [0.4, 0.5) is 5.82 Å². The Morgan fingerprint density at radius 1 is 1.55 bits per heavy atom. The highest BCUT2D eigenvalue weighted by atomic mass is 16.7. The first-order chi connectivity index (χ1) is 5.18. The van der Waals surface area contributed by atoms with Crippen LogP contribution in [0, 0.1) is 17.0 Å². The molecule has 0 spiro atoms. The van der Waals surface area contributed by atoms with E-state index in [0.29, 0.717) is 0 Å². The largest absolute Gasteiger partial charge is 0.234 e. The first kappa shape index (κ1) is 7.39. The minimum Gasteiger partial charge on any atom is -0.234 e. The van der Waals surface area contributed by atoms with E-state index in [0.717, 1.165) is 5.69 Å². The number of hydrogen-bond donors (Lipinski definition) is 1. The topological polar surface area (TPSA) is 81.0 Å². The van der Waals surface area contributed by atoms with Crippen molar-refractivity contribution >= 4 is 5.82 Å². The lowest BCUT2D eigenvalue weighted by molar-refractivity contribution is -0.445. The molecule has 0 unspecified atom stereocenters. The SMILES string of the molecule is Cc1ccc(N[N+](=O)[O-])nn1. The highest BCUT2D eigenvalue weighted by molar-refractivity contribution is 5.29. The lowest BCUT2D eigenvalue weighted by Gasteiger charge is -1.93. The molecule has 1 heterocycles. The van der Waals surface area contributed by atoms with E-state index in [1.54, 1.807) is 13.0 Å². The van der Waals surface area contributed by atoms with Crippen LogP contribution < -0.4 is 5.43 Å². The summed E-state index contributed by atoms with van der Waals surface area (Å²) in [4.78, 5) is 9.88. The Kier molecular flexibility index (Phi) is 1.95. The third kappa shape index (κ3) is 2.17. The monoisotopic (exact) mass is 154 g/mol. The number of aromatic nitrogens is 2. The number of rotatable bonds is 2. The van der Waals surface area contributed by atoms with Crippen LogP contribution in [-0.4, -0.2) is 15.2 Å². The van der Waals surface area contributed by atoms with Crippen molar-refractivity contribution in [2.24, 2.45) is 0 Å². The molecule has 6 heteroatoms. The van der Waals surface area contributed by atoms with E-state index in [9.17, 15) is 10.1 Å². The van der Waals surface area contributed by atoms with E-state index >= 15 is 0 Å². The standard InChI is InChI=1S/C5H6N4O2/c1-4-2-3-5(7-6-4)8-9(10)11/h2-3H,1H3,(H,7,8). The van der Waals surface area contributed by atoms with Gasteiger partial charge in [0, 0.05) is 0 Å². The average Bonchev–Trinajstić information content (AvgIpc) is 1.93. The summed E-state index contributed by atoms with van der Waals surface area (Å²) in [5.41, 5.74) is 2.60. The quantitative estimate of drug-likeness (QED) is 0.492. The van der Waals surface area contributed by atoms with E-state index in [4.69, 9.17) is 0 Å². The number of anilines is 1. The molecule has 11 heavy (non-hydrogen) atoms.